The Kier molecular flexibility index (Phi) is 5.92. The summed E-state index contributed by atoms with van der Waals surface area (Å²) in [6, 6.07) is 0. The standard InChI is InChI=1S/C7H19NO2PSi/c1-6-9-11(10-7-2)8-12(3,4)5/h6-7H2,1-5H3/q+1. The van der Waals surface area contributed by atoms with Gasteiger partial charge in [-0.1, -0.05) is 0 Å². The molecule has 0 aliphatic heterocycles. The van der Waals surface area contributed by atoms with E-state index >= 15 is 0 Å². The molecule has 0 amide bonds. The molecule has 0 fully saturated rings. The summed E-state index contributed by atoms with van der Waals surface area (Å²) in [6.45, 7) is 11.8. The van der Waals surface area contributed by atoms with Crippen LogP contribution in [-0.4, -0.2) is 21.4 Å². The second-order valence-electron chi connectivity index (χ2n) is 3.34. The van der Waals surface area contributed by atoms with Gasteiger partial charge in [-0.2, -0.15) is 0 Å². The molecule has 0 heterocycles. The van der Waals surface area contributed by atoms with Crippen molar-refractivity contribution in [2.24, 2.45) is 4.41 Å². The van der Waals surface area contributed by atoms with Gasteiger partial charge in [0.15, 0.2) is 0 Å². The topological polar surface area (TPSA) is 30.8 Å². The normalized spacial score (nSPS) is 11.4. The average molecular weight is 208 g/mol. The van der Waals surface area contributed by atoms with Crippen LogP contribution in [0, 0.1) is 0 Å². The van der Waals surface area contributed by atoms with Gasteiger partial charge < -0.3 is 0 Å². The van der Waals surface area contributed by atoms with Gasteiger partial charge >= 0.3 is 8.17 Å². The Morgan fingerprint density at radius 2 is 1.50 bits per heavy atom. The average Bonchev–Trinajstić information content (AvgIpc) is 1.84. The molecule has 0 aromatic carbocycles. The minimum atomic E-state index is -1.39. The molecule has 0 atom stereocenters. The Bertz CT molecular complexity index is 148. The molecule has 0 N–H and O–H groups in total. The first-order valence-electron chi connectivity index (χ1n) is 4.28. The highest BCUT2D eigenvalue weighted by atomic mass is 31.1. The predicted octanol–water partition coefficient (Wildman–Crippen LogP) is 3.39. The van der Waals surface area contributed by atoms with E-state index in [1.54, 1.807) is 0 Å². The van der Waals surface area contributed by atoms with Crippen molar-refractivity contribution in [1.29, 1.82) is 0 Å². The summed E-state index contributed by atoms with van der Waals surface area (Å²) in [5, 5.41) is 0. The van der Waals surface area contributed by atoms with Crippen LogP contribution in [0.1, 0.15) is 13.8 Å². The summed E-state index contributed by atoms with van der Waals surface area (Å²) < 4.78 is 15.3. The minimum absolute atomic E-state index is 0.680. The lowest BCUT2D eigenvalue weighted by atomic mass is 10.9. The van der Waals surface area contributed by atoms with Crippen molar-refractivity contribution in [2.45, 2.75) is 33.5 Å². The van der Waals surface area contributed by atoms with Crippen molar-refractivity contribution in [2.75, 3.05) is 13.2 Å². The van der Waals surface area contributed by atoms with Crippen LogP contribution in [0.5, 0.6) is 0 Å². The zero-order valence-corrected chi connectivity index (χ0v) is 10.5. The van der Waals surface area contributed by atoms with Gasteiger partial charge in [-0.05, 0) is 33.5 Å². The third-order valence-corrected chi connectivity index (χ3v) is 4.87. The van der Waals surface area contributed by atoms with Crippen molar-refractivity contribution in [3.8, 4) is 0 Å². The second kappa shape index (κ2) is 5.81. The summed E-state index contributed by atoms with van der Waals surface area (Å²) in [6.07, 6.45) is 0. The number of hydrogen-bond donors (Lipinski definition) is 0. The van der Waals surface area contributed by atoms with Crippen LogP contribution in [0.25, 0.3) is 0 Å². The molecule has 0 unspecified atom stereocenters. The molecule has 0 bridgehead atoms. The van der Waals surface area contributed by atoms with Crippen LogP contribution in [-0.2, 0) is 9.05 Å². The van der Waals surface area contributed by atoms with Crippen molar-refractivity contribution in [1.82, 2.24) is 0 Å². The molecule has 0 radical (unpaired) electrons. The molecule has 12 heavy (non-hydrogen) atoms. The minimum Gasteiger partial charge on any atom is -0.135 e. The number of nitrogens with zero attached hydrogens (tertiary/aromatic N) is 1. The summed E-state index contributed by atoms with van der Waals surface area (Å²) >= 11 is 0. The first-order valence-corrected chi connectivity index (χ1v) is 8.86. The van der Waals surface area contributed by atoms with Crippen LogP contribution in [0.15, 0.2) is 4.41 Å². The van der Waals surface area contributed by atoms with Gasteiger partial charge in [-0.25, -0.2) is 0 Å². The van der Waals surface area contributed by atoms with Crippen LogP contribution < -0.4 is 0 Å². The largest absolute Gasteiger partial charge is 0.548 e. The first-order chi connectivity index (χ1) is 5.49. The van der Waals surface area contributed by atoms with E-state index in [4.69, 9.17) is 9.05 Å². The summed E-state index contributed by atoms with van der Waals surface area (Å²) in [4.78, 5) is 0. The fourth-order valence-corrected chi connectivity index (χ4v) is 3.50. The molecule has 0 saturated heterocycles. The monoisotopic (exact) mass is 208 g/mol. The van der Waals surface area contributed by atoms with Gasteiger partial charge in [0.1, 0.15) is 13.2 Å². The maximum Gasteiger partial charge on any atom is 0.548 e. The van der Waals surface area contributed by atoms with Gasteiger partial charge in [0.25, 0.3) is 0 Å². The Hall–Kier alpha value is 0.237. The molecule has 0 aromatic rings. The molecule has 0 aliphatic carbocycles. The predicted molar refractivity (Wildman–Crippen MR) is 55.9 cm³/mol. The molecular weight excluding hydrogens is 189 g/mol. The number of hydrogen-bond acceptors (Lipinski definition) is 3. The zero-order valence-electron chi connectivity index (χ0n) is 8.63. The van der Waals surface area contributed by atoms with E-state index in [1.165, 1.54) is 0 Å². The quantitative estimate of drug-likeness (QED) is 0.512. The van der Waals surface area contributed by atoms with Gasteiger partial charge in [0.05, 0.1) is 0 Å². The van der Waals surface area contributed by atoms with Crippen molar-refractivity contribution < 1.29 is 9.05 Å². The molecule has 72 valence electrons. The van der Waals surface area contributed by atoms with E-state index in [2.05, 4.69) is 24.1 Å². The van der Waals surface area contributed by atoms with E-state index in [-0.39, 0.29) is 0 Å². The lowest BCUT2D eigenvalue weighted by molar-refractivity contribution is 0.279. The van der Waals surface area contributed by atoms with E-state index in [0.29, 0.717) is 13.2 Å². The van der Waals surface area contributed by atoms with Crippen molar-refractivity contribution in [3.63, 3.8) is 0 Å². The second-order valence-corrected chi connectivity index (χ2v) is 9.48. The highest BCUT2D eigenvalue weighted by Crippen LogP contribution is 2.31. The molecule has 0 aromatic heterocycles. The smallest absolute Gasteiger partial charge is 0.135 e. The highest BCUT2D eigenvalue weighted by molar-refractivity contribution is 7.38. The van der Waals surface area contributed by atoms with Crippen LogP contribution in [0.2, 0.25) is 19.6 Å². The highest BCUT2D eigenvalue weighted by Gasteiger charge is 2.24. The molecule has 3 nitrogen and oxygen atoms in total. The van der Waals surface area contributed by atoms with Gasteiger partial charge in [-0.15, -0.1) is 13.5 Å². The Balaban J connectivity index is 4.17. The summed E-state index contributed by atoms with van der Waals surface area (Å²) in [5.41, 5.74) is 0. The third kappa shape index (κ3) is 6.92. The first kappa shape index (κ1) is 12.2. The fourth-order valence-electron chi connectivity index (χ4n) is 0.561. The Labute approximate surface area is 77.2 Å². The zero-order chi connectivity index (χ0) is 9.61. The van der Waals surface area contributed by atoms with E-state index in [1.807, 2.05) is 13.8 Å². The van der Waals surface area contributed by atoms with Gasteiger partial charge in [0.2, 0.25) is 8.24 Å². The lowest BCUT2D eigenvalue weighted by Gasteiger charge is -2.01. The SMILES string of the molecule is CCO[P+](=N[Si](C)(C)C)OCC. The Morgan fingerprint density at radius 3 is 1.75 bits per heavy atom. The Morgan fingerprint density at radius 1 is 1.08 bits per heavy atom. The summed E-state index contributed by atoms with van der Waals surface area (Å²) in [7, 11) is -2.35. The maximum absolute atomic E-state index is 5.37. The summed E-state index contributed by atoms with van der Waals surface area (Å²) in [5.74, 6) is 0. The third-order valence-electron chi connectivity index (χ3n) is 0.861. The molecule has 0 aliphatic rings. The van der Waals surface area contributed by atoms with E-state index < -0.39 is 16.4 Å². The fraction of sp³-hybridized carbons (Fsp3) is 1.00. The molecule has 0 spiro atoms. The molecule has 0 saturated carbocycles. The molecule has 5 heteroatoms. The van der Waals surface area contributed by atoms with E-state index in [0.717, 1.165) is 0 Å². The van der Waals surface area contributed by atoms with Crippen LogP contribution >= 0.6 is 8.17 Å². The van der Waals surface area contributed by atoms with E-state index in [9.17, 15) is 0 Å². The van der Waals surface area contributed by atoms with Crippen LogP contribution in [0.3, 0.4) is 0 Å². The van der Waals surface area contributed by atoms with Crippen molar-refractivity contribution in [3.05, 3.63) is 0 Å². The lowest BCUT2D eigenvalue weighted by Crippen LogP contribution is -2.15. The van der Waals surface area contributed by atoms with Crippen molar-refractivity contribution >= 4 is 16.4 Å². The van der Waals surface area contributed by atoms with Gasteiger partial charge in [0, 0.05) is 0 Å². The van der Waals surface area contributed by atoms with Crippen LogP contribution in [0.4, 0.5) is 0 Å². The number of rotatable bonds is 5. The molecule has 0 rings (SSSR count). The molecular formula is C7H19NO2PSi+. The van der Waals surface area contributed by atoms with Gasteiger partial charge in [-0.3, -0.25) is 0 Å². The maximum atomic E-state index is 5.37.